The molecule has 0 aromatic heterocycles. The summed E-state index contributed by atoms with van der Waals surface area (Å²) >= 11 is 6.09. The van der Waals surface area contributed by atoms with Gasteiger partial charge in [-0.2, -0.15) is 0 Å². The molecule has 2 amide bonds. The fourth-order valence-electron chi connectivity index (χ4n) is 2.20. The van der Waals surface area contributed by atoms with Crippen molar-refractivity contribution in [1.29, 1.82) is 0 Å². The summed E-state index contributed by atoms with van der Waals surface area (Å²) in [6, 6.07) is 12.6. The number of carbonyl (C=O) groups is 2. The minimum absolute atomic E-state index is 0.355. The number of hydrogen-bond acceptors (Lipinski definition) is 3. The van der Waals surface area contributed by atoms with E-state index in [0.29, 0.717) is 28.4 Å². The van der Waals surface area contributed by atoms with Gasteiger partial charge in [0.1, 0.15) is 0 Å². The van der Waals surface area contributed by atoms with Gasteiger partial charge in [0.25, 0.3) is 11.8 Å². The van der Waals surface area contributed by atoms with E-state index in [0.717, 1.165) is 5.56 Å². The van der Waals surface area contributed by atoms with Gasteiger partial charge in [-0.05, 0) is 23.8 Å². The third kappa shape index (κ3) is 2.14. The fourth-order valence-corrected chi connectivity index (χ4v) is 2.40. The van der Waals surface area contributed by atoms with Gasteiger partial charge < -0.3 is 5.32 Å². The first-order chi connectivity index (χ1) is 9.66. The van der Waals surface area contributed by atoms with Crippen LogP contribution in [-0.4, -0.2) is 11.8 Å². The summed E-state index contributed by atoms with van der Waals surface area (Å²) in [4.78, 5) is 23.4. The molecular weight excluding hydrogens is 276 g/mol. The van der Waals surface area contributed by atoms with Crippen molar-refractivity contribution in [2.24, 2.45) is 0 Å². The van der Waals surface area contributed by atoms with Crippen LogP contribution in [0.5, 0.6) is 0 Å². The lowest BCUT2D eigenvalue weighted by atomic mass is 10.1. The molecule has 0 saturated carbocycles. The van der Waals surface area contributed by atoms with E-state index in [2.05, 4.69) is 10.6 Å². The molecule has 2 N–H and O–H groups in total. The maximum atomic E-state index is 11.8. The summed E-state index contributed by atoms with van der Waals surface area (Å²) < 4.78 is 0. The highest BCUT2D eigenvalue weighted by atomic mass is 35.5. The highest BCUT2D eigenvalue weighted by Gasteiger charge is 2.29. The largest absolute Gasteiger partial charge is 0.380 e. The number of amides is 2. The Kier molecular flexibility index (Phi) is 3.16. The van der Waals surface area contributed by atoms with Gasteiger partial charge in [0.15, 0.2) is 0 Å². The molecule has 1 aliphatic heterocycles. The third-order valence-corrected chi connectivity index (χ3v) is 3.56. The number of anilines is 1. The maximum Gasteiger partial charge on any atom is 0.261 e. The van der Waals surface area contributed by atoms with Gasteiger partial charge in [0, 0.05) is 17.3 Å². The van der Waals surface area contributed by atoms with Crippen molar-refractivity contribution in [2.45, 2.75) is 6.54 Å². The molecule has 0 spiro atoms. The van der Waals surface area contributed by atoms with Crippen LogP contribution >= 0.6 is 11.6 Å². The lowest BCUT2D eigenvalue weighted by molar-refractivity contribution is 0.0880. The van der Waals surface area contributed by atoms with Crippen molar-refractivity contribution < 1.29 is 9.59 Å². The molecule has 0 bridgehead atoms. The van der Waals surface area contributed by atoms with E-state index in [4.69, 9.17) is 11.6 Å². The molecule has 3 rings (SSSR count). The second-order valence-electron chi connectivity index (χ2n) is 4.46. The second-order valence-corrected chi connectivity index (χ2v) is 4.86. The smallest absolute Gasteiger partial charge is 0.261 e. The van der Waals surface area contributed by atoms with E-state index in [1.54, 1.807) is 18.2 Å². The SMILES string of the molecule is O=C1NC(=O)c2c(NCc3ccccc3Cl)cccc21. The first kappa shape index (κ1) is 12.7. The van der Waals surface area contributed by atoms with Crippen LogP contribution in [0.25, 0.3) is 0 Å². The molecule has 1 heterocycles. The standard InChI is InChI=1S/C15H11ClN2O2/c16-11-6-2-1-4-9(11)8-17-12-7-3-5-10-13(12)15(20)18-14(10)19/h1-7,17H,8H2,(H,18,19,20). The molecule has 5 heteroatoms. The van der Waals surface area contributed by atoms with E-state index in [1.807, 2.05) is 24.3 Å². The molecule has 0 saturated heterocycles. The van der Waals surface area contributed by atoms with Crippen molar-refractivity contribution >= 4 is 29.1 Å². The summed E-state index contributed by atoms with van der Waals surface area (Å²) in [6.45, 7) is 0.484. The quantitative estimate of drug-likeness (QED) is 0.853. The van der Waals surface area contributed by atoms with Crippen LogP contribution in [0.4, 0.5) is 5.69 Å². The number of nitrogens with one attached hydrogen (secondary N) is 2. The summed E-state index contributed by atoms with van der Waals surface area (Å²) in [5.74, 6) is -0.723. The number of halogens is 1. The zero-order valence-corrected chi connectivity index (χ0v) is 11.2. The van der Waals surface area contributed by atoms with Gasteiger partial charge in [-0.3, -0.25) is 14.9 Å². The molecule has 2 aromatic rings. The minimum Gasteiger partial charge on any atom is -0.380 e. The van der Waals surface area contributed by atoms with Gasteiger partial charge in [0.05, 0.1) is 11.1 Å². The number of rotatable bonds is 3. The van der Waals surface area contributed by atoms with Crippen molar-refractivity contribution in [3.63, 3.8) is 0 Å². The third-order valence-electron chi connectivity index (χ3n) is 3.19. The van der Waals surface area contributed by atoms with Gasteiger partial charge in [0.2, 0.25) is 0 Å². The number of imide groups is 1. The number of benzene rings is 2. The molecule has 0 fully saturated rings. The first-order valence-corrected chi connectivity index (χ1v) is 6.50. The van der Waals surface area contributed by atoms with Gasteiger partial charge in [-0.25, -0.2) is 0 Å². The monoisotopic (exact) mass is 286 g/mol. The Morgan fingerprint density at radius 1 is 1.00 bits per heavy atom. The number of carbonyl (C=O) groups excluding carboxylic acids is 2. The Morgan fingerprint density at radius 2 is 1.80 bits per heavy atom. The Bertz CT molecular complexity index is 713. The Morgan fingerprint density at radius 3 is 2.60 bits per heavy atom. The molecule has 2 aromatic carbocycles. The lowest BCUT2D eigenvalue weighted by Crippen LogP contribution is -2.20. The Labute approximate surface area is 120 Å². The van der Waals surface area contributed by atoms with E-state index in [-0.39, 0.29) is 11.8 Å². The molecule has 1 aliphatic rings. The molecule has 0 unspecified atom stereocenters. The predicted molar refractivity (Wildman–Crippen MR) is 77.0 cm³/mol. The molecule has 20 heavy (non-hydrogen) atoms. The van der Waals surface area contributed by atoms with Crippen LogP contribution in [0.3, 0.4) is 0 Å². The van der Waals surface area contributed by atoms with E-state index in [9.17, 15) is 9.59 Å². The van der Waals surface area contributed by atoms with Gasteiger partial charge >= 0.3 is 0 Å². The minimum atomic E-state index is -0.368. The van der Waals surface area contributed by atoms with Crippen LogP contribution in [0, 0.1) is 0 Å². The average Bonchev–Trinajstić information content (AvgIpc) is 2.74. The molecule has 0 atom stereocenters. The Hall–Kier alpha value is -2.33. The molecule has 100 valence electrons. The molecular formula is C15H11ClN2O2. The van der Waals surface area contributed by atoms with Crippen molar-refractivity contribution in [2.75, 3.05) is 5.32 Å². The van der Waals surface area contributed by atoms with Crippen LogP contribution in [-0.2, 0) is 6.54 Å². The van der Waals surface area contributed by atoms with Crippen molar-refractivity contribution in [3.05, 3.63) is 64.2 Å². The van der Waals surface area contributed by atoms with Crippen LogP contribution in [0.15, 0.2) is 42.5 Å². The molecule has 4 nitrogen and oxygen atoms in total. The summed E-state index contributed by atoms with van der Waals surface area (Å²) in [7, 11) is 0. The maximum absolute atomic E-state index is 11.8. The zero-order valence-electron chi connectivity index (χ0n) is 10.4. The molecule has 0 radical (unpaired) electrons. The summed E-state index contributed by atoms with van der Waals surface area (Å²) in [5, 5.41) is 6.10. The van der Waals surface area contributed by atoms with Crippen LogP contribution in [0.1, 0.15) is 26.3 Å². The van der Waals surface area contributed by atoms with Gasteiger partial charge in [-0.1, -0.05) is 35.9 Å². The van der Waals surface area contributed by atoms with Crippen molar-refractivity contribution in [1.82, 2.24) is 5.32 Å². The van der Waals surface area contributed by atoms with E-state index in [1.165, 1.54) is 0 Å². The predicted octanol–water partition coefficient (Wildman–Crippen LogP) is 2.84. The normalized spacial score (nSPS) is 13.1. The first-order valence-electron chi connectivity index (χ1n) is 6.13. The molecule has 0 aliphatic carbocycles. The number of fused-ring (bicyclic) bond motifs is 1. The van der Waals surface area contributed by atoms with E-state index >= 15 is 0 Å². The number of hydrogen-bond donors (Lipinski definition) is 2. The highest BCUT2D eigenvalue weighted by Crippen LogP contribution is 2.25. The van der Waals surface area contributed by atoms with Gasteiger partial charge in [-0.15, -0.1) is 0 Å². The lowest BCUT2D eigenvalue weighted by Gasteiger charge is -2.10. The Balaban J connectivity index is 1.88. The van der Waals surface area contributed by atoms with Crippen LogP contribution in [0.2, 0.25) is 5.02 Å². The average molecular weight is 287 g/mol. The van der Waals surface area contributed by atoms with Crippen molar-refractivity contribution in [3.8, 4) is 0 Å². The highest BCUT2D eigenvalue weighted by molar-refractivity contribution is 6.31. The van der Waals surface area contributed by atoms with Crippen LogP contribution < -0.4 is 10.6 Å². The van der Waals surface area contributed by atoms with E-state index < -0.39 is 0 Å². The fraction of sp³-hybridized carbons (Fsp3) is 0.0667. The topological polar surface area (TPSA) is 58.2 Å². The zero-order chi connectivity index (χ0) is 14.1. The summed E-state index contributed by atoms with van der Waals surface area (Å²) in [6.07, 6.45) is 0. The second kappa shape index (κ2) is 4.98. The summed E-state index contributed by atoms with van der Waals surface area (Å²) in [5.41, 5.74) is 2.35.